The highest BCUT2D eigenvalue weighted by Gasteiger charge is 2.01. The summed E-state index contributed by atoms with van der Waals surface area (Å²) in [6.07, 6.45) is 3.69. The summed E-state index contributed by atoms with van der Waals surface area (Å²) in [4.78, 5) is 18.2. The molecule has 0 aliphatic heterocycles. The van der Waals surface area contributed by atoms with Crippen LogP contribution in [-0.4, -0.2) is 14.5 Å². The van der Waals surface area contributed by atoms with Crippen molar-refractivity contribution < 1.29 is 0 Å². The molecule has 3 rings (SSSR count). The molecule has 0 aliphatic rings. The first-order valence-corrected chi connectivity index (χ1v) is 5.37. The number of aromatic amines is 1. The number of aromatic nitrogens is 3. The third-order valence-electron chi connectivity index (χ3n) is 2.81. The Morgan fingerprint density at radius 1 is 1.22 bits per heavy atom. The second kappa shape index (κ2) is 4.66. The molecule has 0 radical (unpaired) electrons. The van der Waals surface area contributed by atoms with Crippen molar-refractivity contribution in [2.75, 3.05) is 0 Å². The molecule has 1 N–H and O–H groups in total. The summed E-state index contributed by atoms with van der Waals surface area (Å²) in [5.74, 6) is 0.939. The van der Waals surface area contributed by atoms with Gasteiger partial charge in [0, 0.05) is 35.1 Å². The minimum Gasteiger partial charge on any atom is -0.322 e. The summed E-state index contributed by atoms with van der Waals surface area (Å²) < 4.78 is 2.00. The lowest BCUT2D eigenvalue weighted by molar-refractivity contribution is 0.976. The van der Waals surface area contributed by atoms with Gasteiger partial charge in [0.2, 0.25) is 5.56 Å². The highest BCUT2D eigenvalue weighted by atomic mass is 35.5. The van der Waals surface area contributed by atoms with E-state index in [4.69, 9.17) is 0 Å². The third kappa shape index (κ3) is 2.02. The zero-order chi connectivity index (χ0) is 11.8. The second-order valence-corrected chi connectivity index (χ2v) is 3.94. The number of halogens is 1. The quantitative estimate of drug-likeness (QED) is 0.731. The minimum absolute atomic E-state index is 0. The lowest BCUT2D eigenvalue weighted by Gasteiger charge is -2.06. The fraction of sp³-hybridized carbons (Fsp3) is 0.0769. The predicted octanol–water partition coefficient (Wildman–Crippen LogP) is 2.44. The number of aryl methyl sites for hydroxylation is 1. The molecule has 0 saturated heterocycles. The first-order valence-electron chi connectivity index (χ1n) is 5.37. The Hall–Kier alpha value is -2.07. The molecule has 3 aromatic rings. The molecule has 0 amide bonds. The van der Waals surface area contributed by atoms with Crippen molar-refractivity contribution in [2.24, 2.45) is 0 Å². The molecular formula is C13H12ClN3O. The van der Waals surface area contributed by atoms with E-state index in [-0.39, 0.29) is 18.0 Å². The summed E-state index contributed by atoms with van der Waals surface area (Å²) in [7, 11) is 0. The van der Waals surface area contributed by atoms with Gasteiger partial charge in [-0.3, -0.25) is 4.79 Å². The maximum Gasteiger partial charge on any atom is 0.248 e. The van der Waals surface area contributed by atoms with E-state index in [0.29, 0.717) is 0 Å². The van der Waals surface area contributed by atoms with E-state index in [0.717, 1.165) is 22.4 Å². The molecule has 0 fully saturated rings. The Balaban J connectivity index is 0.00000120. The first kappa shape index (κ1) is 12.4. The Morgan fingerprint density at radius 3 is 2.78 bits per heavy atom. The van der Waals surface area contributed by atoms with Gasteiger partial charge in [-0.15, -0.1) is 12.4 Å². The third-order valence-corrected chi connectivity index (χ3v) is 2.81. The topological polar surface area (TPSA) is 50.7 Å². The highest BCUT2D eigenvalue weighted by molar-refractivity contribution is 5.85. The summed E-state index contributed by atoms with van der Waals surface area (Å²) in [5.41, 5.74) is 1.81. The number of nitrogens with zero attached hydrogens (tertiary/aromatic N) is 2. The van der Waals surface area contributed by atoms with Crippen LogP contribution in [0.15, 0.2) is 47.5 Å². The molecule has 0 aliphatic carbocycles. The number of imidazole rings is 1. The molecule has 0 unspecified atom stereocenters. The van der Waals surface area contributed by atoms with Gasteiger partial charge >= 0.3 is 0 Å². The number of hydrogen-bond donors (Lipinski definition) is 1. The van der Waals surface area contributed by atoms with Crippen molar-refractivity contribution in [3.8, 4) is 5.69 Å². The van der Waals surface area contributed by atoms with Crippen molar-refractivity contribution in [3.05, 3.63) is 58.9 Å². The summed E-state index contributed by atoms with van der Waals surface area (Å²) >= 11 is 0. The zero-order valence-corrected chi connectivity index (χ0v) is 10.6. The molecule has 0 saturated carbocycles. The predicted molar refractivity (Wildman–Crippen MR) is 73.7 cm³/mol. The molecule has 92 valence electrons. The Morgan fingerprint density at radius 2 is 2.06 bits per heavy atom. The molecule has 0 bridgehead atoms. The molecular weight excluding hydrogens is 250 g/mol. The number of nitrogens with one attached hydrogen (secondary N) is 1. The van der Waals surface area contributed by atoms with Crippen molar-refractivity contribution in [1.29, 1.82) is 0 Å². The van der Waals surface area contributed by atoms with Crippen LogP contribution >= 0.6 is 12.4 Å². The standard InChI is InChI=1S/C13H11N3O.ClH/c1-9-14-6-7-16(9)11-3-4-12-10(8-11)2-5-13(17)15-12;/h2-8H,1H3,(H,15,17);1H. The van der Waals surface area contributed by atoms with Gasteiger partial charge in [-0.05, 0) is 31.2 Å². The summed E-state index contributed by atoms with van der Waals surface area (Å²) in [6, 6.07) is 9.26. The van der Waals surface area contributed by atoms with Gasteiger partial charge in [-0.25, -0.2) is 4.98 Å². The van der Waals surface area contributed by atoms with E-state index < -0.39 is 0 Å². The van der Waals surface area contributed by atoms with Crippen molar-refractivity contribution >= 4 is 23.3 Å². The van der Waals surface area contributed by atoms with Gasteiger partial charge < -0.3 is 9.55 Å². The second-order valence-electron chi connectivity index (χ2n) is 3.94. The summed E-state index contributed by atoms with van der Waals surface area (Å²) in [5, 5.41) is 1.01. The van der Waals surface area contributed by atoms with Gasteiger partial charge in [0.25, 0.3) is 0 Å². The lowest BCUT2D eigenvalue weighted by Crippen LogP contribution is -2.03. The van der Waals surface area contributed by atoms with Crippen molar-refractivity contribution in [1.82, 2.24) is 14.5 Å². The fourth-order valence-electron chi connectivity index (χ4n) is 1.94. The Kier molecular flexibility index (Phi) is 3.21. The minimum atomic E-state index is -0.0796. The van der Waals surface area contributed by atoms with Crippen LogP contribution in [-0.2, 0) is 0 Å². The normalized spacial score (nSPS) is 10.3. The molecule has 18 heavy (non-hydrogen) atoms. The molecule has 1 aromatic carbocycles. The molecule has 0 atom stereocenters. The lowest BCUT2D eigenvalue weighted by atomic mass is 10.2. The fourth-order valence-corrected chi connectivity index (χ4v) is 1.94. The molecule has 5 heteroatoms. The van der Waals surface area contributed by atoms with Gasteiger partial charge in [0.15, 0.2) is 0 Å². The van der Waals surface area contributed by atoms with Gasteiger partial charge in [0.05, 0.1) is 0 Å². The maximum atomic E-state index is 11.2. The van der Waals surface area contributed by atoms with Crippen molar-refractivity contribution in [2.45, 2.75) is 6.92 Å². The average Bonchev–Trinajstić information content (AvgIpc) is 2.75. The zero-order valence-electron chi connectivity index (χ0n) is 9.75. The van der Waals surface area contributed by atoms with Gasteiger partial charge in [-0.1, -0.05) is 0 Å². The Labute approximate surface area is 110 Å². The Bertz CT molecular complexity index is 745. The van der Waals surface area contributed by atoms with Crippen LogP contribution in [0, 0.1) is 6.92 Å². The number of H-pyrrole nitrogens is 1. The number of pyridine rings is 1. The average molecular weight is 262 g/mol. The summed E-state index contributed by atoms with van der Waals surface area (Å²) in [6.45, 7) is 1.96. The van der Waals surface area contributed by atoms with E-state index >= 15 is 0 Å². The SMILES string of the molecule is Cc1nccn1-c1ccc2[nH]c(=O)ccc2c1.Cl. The number of benzene rings is 1. The number of fused-ring (bicyclic) bond motifs is 1. The van der Waals surface area contributed by atoms with Crippen LogP contribution in [0.25, 0.3) is 16.6 Å². The number of hydrogen-bond acceptors (Lipinski definition) is 2. The van der Waals surface area contributed by atoms with Crippen molar-refractivity contribution in [3.63, 3.8) is 0 Å². The van der Waals surface area contributed by atoms with E-state index in [9.17, 15) is 4.79 Å². The monoisotopic (exact) mass is 261 g/mol. The van der Waals surface area contributed by atoms with E-state index in [2.05, 4.69) is 9.97 Å². The van der Waals surface area contributed by atoms with Crippen LogP contribution in [0.1, 0.15) is 5.82 Å². The largest absolute Gasteiger partial charge is 0.322 e. The molecule has 2 heterocycles. The maximum absolute atomic E-state index is 11.2. The molecule has 4 nitrogen and oxygen atoms in total. The van der Waals surface area contributed by atoms with Crippen LogP contribution in [0.2, 0.25) is 0 Å². The van der Waals surface area contributed by atoms with E-state index in [1.165, 1.54) is 6.07 Å². The first-order chi connectivity index (χ1) is 8.24. The van der Waals surface area contributed by atoms with Crippen LogP contribution in [0.4, 0.5) is 0 Å². The van der Waals surface area contributed by atoms with Gasteiger partial charge in [0.1, 0.15) is 5.82 Å². The highest BCUT2D eigenvalue weighted by Crippen LogP contribution is 2.16. The molecule has 2 aromatic heterocycles. The van der Waals surface area contributed by atoms with E-state index in [1.807, 2.05) is 42.0 Å². The van der Waals surface area contributed by atoms with Crippen LogP contribution in [0.3, 0.4) is 0 Å². The smallest absolute Gasteiger partial charge is 0.248 e. The van der Waals surface area contributed by atoms with E-state index in [1.54, 1.807) is 6.20 Å². The van der Waals surface area contributed by atoms with Crippen LogP contribution < -0.4 is 5.56 Å². The van der Waals surface area contributed by atoms with Gasteiger partial charge in [-0.2, -0.15) is 0 Å². The van der Waals surface area contributed by atoms with Crippen LogP contribution in [0.5, 0.6) is 0 Å². The molecule has 0 spiro atoms. The number of rotatable bonds is 1.